The van der Waals surface area contributed by atoms with Gasteiger partial charge in [-0.25, -0.2) is 13.8 Å². The van der Waals surface area contributed by atoms with Crippen molar-refractivity contribution in [3.63, 3.8) is 0 Å². The molecule has 1 unspecified atom stereocenters. The molecule has 2 heterocycles. The van der Waals surface area contributed by atoms with E-state index in [-0.39, 0.29) is 30.0 Å². The second-order valence-electron chi connectivity index (χ2n) is 6.37. The molecular formula is C19H23ClF2IN5. The number of halogens is 4. The first-order valence-corrected chi connectivity index (χ1v) is 9.21. The van der Waals surface area contributed by atoms with E-state index in [1.165, 1.54) is 6.07 Å². The Morgan fingerprint density at radius 1 is 1.36 bits per heavy atom. The van der Waals surface area contributed by atoms with Crippen molar-refractivity contribution in [3.05, 3.63) is 58.7 Å². The quantitative estimate of drug-likeness (QED) is 0.359. The number of pyridine rings is 1. The first-order valence-electron chi connectivity index (χ1n) is 8.83. The number of rotatable bonds is 5. The predicted molar refractivity (Wildman–Crippen MR) is 120 cm³/mol. The molecule has 0 amide bonds. The van der Waals surface area contributed by atoms with Crippen molar-refractivity contribution in [2.75, 3.05) is 31.6 Å². The van der Waals surface area contributed by atoms with Gasteiger partial charge in [-0.1, -0.05) is 11.6 Å². The highest BCUT2D eigenvalue weighted by atomic mass is 127. The first kappa shape index (κ1) is 22.6. The van der Waals surface area contributed by atoms with Crippen molar-refractivity contribution in [2.45, 2.75) is 18.9 Å². The van der Waals surface area contributed by atoms with Gasteiger partial charge in [0.1, 0.15) is 17.5 Å². The fraction of sp³-hybridized carbons (Fsp3) is 0.368. The van der Waals surface area contributed by atoms with Crippen LogP contribution in [0.4, 0.5) is 14.6 Å². The minimum Gasteiger partial charge on any atom is -0.356 e. The Morgan fingerprint density at radius 3 is 2.93 bits per heavy atom. The highest BCUT2D eigenvalue weighted by Crippen LogP contribution is 2.25. The number of nitrogens with one attached hydrogen (secondary N) is 2. The number of benzene rings is 1. The van der Waals surface area contributed by atoms with Crippen LogP contribution in [-0.2, 0) is 6.42 Å². The molecule has 1 fully saturated rings. The molecule has 1 aromatic heterocycles. The lowest BCUT2D eigenvalue weighted by molar-refractivity contribution is 0.582. The Labute approximate surface area is 185 Å². The van der Waals surface area contributed by atoms with E-state index < -0.39 is 11.6 Å². The Hall–Kier alpha value is -1.68. The van der Waals surface area contributed by atoms with Gasteiger partial charge in [0.25, 0.3) is 0 Å². The average molecular weight is 522 g/mol. The van der Waals surface area contributed by atoms with Gasteiger partial charge in [0.15, 0.2) is 5.96 Å². The van der Waals surface area contributed by atoms with Gasteiger partial charge in [0.2, 0.25) is 0 Å². The van der Waals surface area contributed by atoms with Crippen molar-refractivity contribution in [3.8, 4) is 0 Å². The smallest absolute Gasteiger partial charge is 0.191 e. The van der Waals surface area contributed by atoms with E-state index >= 15 is 0 Å². The molecule has 1 aliphatic rings. The number of guanidine groups is 1. The number of aliphatic imine (C=N–C) groups is 1. The van der Waals surface area contributed by atoms with Crippen molar-refractivity contribution >= 4 is 47.4 Å². The number of anilines is 1. The monoisotopic (exact) mass is 521 g/mol. The van der Waals surface area contributed by atoms with E-state index in [4.69, 9.17) is 11.6 Å². The number of aromatic nitrogens is 1. The average Bonchev–Trinajstić information content (AvgIpc) is 3.12. The summed E-state index contributed by atoms with van der Waals surface area (Å²) in [4.78, 5) is 10.7. The Bertz CT molecular complexity index is 821. The maximum Gasteiger partial charge on any atom is 0.191 e. The molecule has 0 saturated carbocycles. The van der Waals surface area contributed by atoms with Crippen LogP contribution in [0.25, 0.3) is 0 Å². The van der Waals surface area contributed by atoms with Crippen LogP contribution in [-0.4, -0.2) is 43.7 Å². The molecule has 28 heavy (non-hydrogen) atoms. The minimum absolute atomic E-state index is 0. The lowest BCUT2D eigenvalue weighted by atomic mass is 10.1. The fourth-order valence-electron chi connectivity index (χ4n) is 3.12. The largest absolute Gasteiger partial charge is 0.356 e. The molecule has 9 heteroatoms. The minimum atomic E-state index is -0.437. The molecule has 0 spiro atoms. The normalized spacial score (nSPS) is 16.6. The standard InChI is InChI=1S/C19H22ClF2N5.HI/c1-23-19(25-9-6-13-11-14(21)4-5-17(13)22)26-15-7-10-27(12-15)18-16(20)3-2-8-24-18;/h2-5,8,11,15H,6-7,9-10,12H2,1H3,(H2,23,25,26);1H. The molecule has 2 N–H and O–H groups in total. The van der Waals surface area contributed by atoms with Crippen LogP contribution in [0.5, 0.6) is 0 Å². The Morgan fingerprint density at radius 2 is 2.18 bits per heavy atom. The lowest BCUT2D eigenvalue weighted by Gasteiger charge is -2.20. The summed E-state index contributed by atoms with van der Waals surface area (Å²) in [5.41, 5.74) is 0.342. The van der Waals surface area contributed by atoms with Gasteiger partial charge < -0.3 is 15.5 Å². The summed E-state index contributed by atoms with van der Waals surface area (Å²) < 4.78 is 26.9. The Kier molecular flexibility index (Phi) is 8.68. The zero-order chi connectivity index (χ0) is 19.2. The Balaban J connectivity index is 0.00000280. The lowest BCUT2D eigenvalue weighted by Crippen LogP contribution is -2.45. The maximum atomic E-state index is 13.7. The number of hydrogen-bond acceptors (Lipinski definition) is 3. The summed E-state index contributed by atoms with van der Waals surface area (Å²) in [6, 6.07) is 7.32. The van der Waals surface area contributed by atoms with Gasteiger partial charge >= 0.3 is 0 Å². The molecule has 5 nitrogen and oxygen atoms in total. The molecule has 3 rings (SSSR count). The summed E-state index contributed by atoms with van der Waals surface area (Å²) in [5.74, 6) is 0.576. The molecule has 152 valence electrons. The summed E-state index contributed by atoms with van der Waals surface area (Å²) in [6.45, 7) is 2.05. The van der Waals surface area contributed by atoms with Crippen LogP contribution in [0.15, 0.2) is 41.5 Å². The predicted octanol–water partition coefficient (Wildman–Crippen LogP) is 3.62. The van der Waals surface area contributed by atoms with E-state index in [2.05, 4.69) is 25.5 Å². The third kappa shape index (κ3) is 5.91. The highest BCUT2D eigenvalue weighted by Gasteiger charge is 2.25. The van der Waals surface area contributed by atoms with Crippen LogP contribution in [0.3, 0.4) is 0 Å². The maximum absolute atomic E-state index is 13.7. The van der Waals surface area contributed by atoms with Gasteiger partial charge in [-0.05, 0) is 48.7 Å². The van der Waals surface area contributed by atoms with Crippen molar-refractivity contribution < 1.29 is 8.78 Å². The second-order valence-corrected chi connectivity index (χ2v) is 6.78. The molecule has 1 saturated heterocycles. The highest BCUT2D eigenvalue weighted by molar-refractivity contribution is 14.0. The van der Waals surface area contributed by atoms with Gasteiger partial charge in [-0.15, -0.1) is 24.0 Å². The van der Waals surface area contributed by atoms with E-state index in [0.717, 1.165) is 37.5 Å². The van der Waals surface area contributed by atoms with E-state index in [0.29, 0.717) is 29.5 Å². The van der Waals surface area contributed by atoms with E-state index in [1.54, 1.807) is 13.2 Å². The molecule has 2 aromatic rings. The molecule has 0 radical (unpaired) electrons. The molecule has 0 aliphatic carbocycles. The number of hydrogen-bond donors (Lipinski definition) is 2. The van der Waals surface area contributed by atoms with Gasteiger partial charge in [0, 0.05) is 38.9 Å². The van der Waals surface area contributed by atoms with Gasteiger partial charge in [0.05, 0.1) is 5.02 Å². The summed E-state index contributed by atoms with van der Waals surface area (Å²) in [6.07, 6.45) is 3.02. The topological polar surface area (TPSA) is 52.6 Å². The van der Waals surface area contributed by atoms with E-state index in [9.17, 15) is 8.78 Å². The molecule has 1 aromatic carbocycles. The van der Waals surface area contributed by atoms with Crippen LogP contribution < -0.4 is 15.5 Å². The molecular weight excluding hydrogens is 499 g/mol. The van der Waals surface area contributed by atoms with Crippen molar-refractivity contribution in [1.82, 2.24) is 15.6 Å². The number of nitrogens with zero attached hydrogens (tertiary/aromatic N) is 3. The van der Waals surface area contributed by atoms with Crippen LogP contribution >= 0.6 is 35.6 Å². The van der Waals surface area contributed by atoms with Crippen molar-refractivity contribution in [1.29, 1.82) is 0 Å². The molecule has 1 atom stereocenters. The fourth-order valence-corrected chi connectivity index (χ4v) is 3.36. The molecule has 1 aliphatic heterocycles. The van der Waals surface area contributed by atoms with E-state index in [1.807, 2.05) is 12.1 Å². The molecule has 0 bridgehead atoms. The van der Waals surface area contributed by atoms with Crippen LogP contribution in [0, 0.1) is 11.6 Å². The summed E-state index contributed by atoms with van der Waals surface area (Å²) in [7, 11) is 1.68. The summed E-state index contributed by atoms with van der Waals surface area (Å²) >= 11 is 6.22. The summed E-state index contributed by atoms with van der Waals surface area (Å²) in [5, 5.41) is 7.14. The van der Waals surface area contributed by atoms with Gasteiger partial charge in [-0.2, -0.15) is 0 Å². The zero-order valence-electron chi connectivity index (χ0n) is 15.5. The second kappa shape index (κ2) is 10.8. The van der Waals surface area contributed by atoms with Crippen LogP contribution in [0.2, 0.25) is 5.02 Å². The third-order valence-corrected chi connectivity index (χ3v) is 4.78. The third-order valence-electron chi connectivity index (χ3n) is 4.49. The van der Waals surface area contributed by atoms with Crippen molar-refractivity contribution in [2.24, 2.45) is 4.99 Å². The van der Waals surface area contributed by atoms with Crippen LogP contribution in [0.1, 0.15) is 12.0 Å². The van der Waals surface area contributed by atoms with Gasteiger partial charge in [-0.3, -0.25) is 4.99 Å². The SMILES string of the molecule is CN=C(NCCc1cc(F)ccc1F)NC1CCN(c2ncccc2Cl)C1.I. The first-order chi connectivity index (χ1) is 13.1. The zero-order valence-corrected chi connectivity index (χ0v) is 18.5.